The van der Waals surface area contributed by atoms with Gasteiger partial charge in [-0.05, 0) is 12.2 Å². The number of unbranched alkanes of at least 4 members (excludes halogenated alkanes) is 2. The van der Waals surface area contributed by atoms with Crippen LogP contribution in [-0.2, 0) is 19.1 Å². The molecule has 8 heteroatoms. The number of amides is 1. The lowest BCUT2D eigenvalue weighted by atomic mass is 10.2. The summed E-state index contributed by atoms with van der Waals surface area (Å²) in [5.41, 5.74) is 0. The fourth-order valence-electron chi connectivity index (χ4n) is 1.58. The first-order valence-corrected chi connectivity index (χ1v) is 8.78. The minimum Gasteiger partial charge on any atom is -0.480 e. The number of carbonyl (C=O) groups excluding carboxylic acids is 2. The van der Waals surface area contributed by atoms with Crippen LogP contribution in [0.5, 0.6) is 0 Å². The van der Waals surface area contributed by atoms with Crippen molar-refractivity contribution in [2.75, 3.05) is 12.3 Å². The van der Waals surface area contributed by atoms with E-state index in [2.05, 4.69) is 12.2 Å². The lowest BCUT2D eigenvalue weighted by Gasteiger charge is -2.21. The van der Waals surface area contributed by atoms with Gasteiger partial charge in [0.2, 0.25) is 0 Å². The Labute approximate surface area is 141 Å². The lowest BCUT2D eigenvalue weighted by Crippen LogP contribution is -2.39. The maximum Gasteiger partial charge on any atom is 0.410 e. The molecule has 0 aliphatic heterocycles. The van der Waals surface area contributed by atoms with Crippen LogP contribution in [0, 0.1) is 5.92 Å². The van der Waals surface area contributed by atoms with Crippen LogP contribution < -0.4 is 5.32 Å². The quantitative estimate of drug-likeness (QED) is 0.336. The molecule has 0 aliphatic rings. The van der Waals surface area contributed by atoms with Crippen LogP contribution in [0.25, 0.3) is 0 Å². The SMILES string of the molecule is CCCCCS[C@@H](CNC(=O)O[C@@H](OC(C)=O)C(C)C)C(=O)O. The van der Waals surface area contributed by atoms with Crippen molar-refractivity contribution >= 4 is 29.8 Å². The van der Waals surface area contributed by atoms with Crippen molar-refractivity contribution in [3.05, 3.63) is 0 Å². The Morgan fingerprint density at radius 3 is 2.30 bits per heavy atom. The van der Waals surface area contributed by atoms with E-state index in [0.717, 1.165) is 25.0 Å². The summed E-state index contributed by atoms with van der Waals surface area (Å²) in [5, 5.41) is 10.8. The second kappa shape index (κ2) is 12.0. The molecule has 0 rings (SSSR count). The summed E-state index contributed by atoms with van der Waals surface area (Å²) in [6.45, 7) is 6.74. The van der Waals surface area contributed by atoms with E-state index >= 15 is 0 Å². The predicted octanol–water partition coefficient (Wildman–Crippen LogP) is 2.63. The average molecular weight is 349 g/mol. The first-order valence-electron chi connectivity index (χ1n) is 7.74. The monoisotopic (exact) mass is 349 g/mol. The number of carbonyl (C=O) groups is 3. The van der Waals surface area contributed by atoms with Crippen molar-refractivity contribution in [1.29, 1.82) is 0 Å². The zero-order valence-corrected chi connectivity index (χ0v) is 15.0. The van der Waals surface area contributed by atoms with E-state index in [1.165, 1.54) is 18.7 Å². The van der Waals surface area contributed by atoms with E-state index in [4.69, 9.17) is 14.6 Å². The summed E-state index contributed by atoms with van der Waals surface area (Å²) < 4.78 is 9.89. The van der Waals surface area contributed by atoms with E-state index in [1.54, 1.807) is 13.8 Å². The molecule has 2 atom stereocenters. The van der Waals surface area contributed by atoms with E-state index in [9.17, 15) is 14.4 Å². The van der Waals surface area contributed by atoms with Crippen LogP contribution in [0.2, 0.25) is 0 Å². The molecule has 0 aliphatic carbocycles. The van der Waals surface area contributed by atoms with Gasteiger partial charge in [-0.25, -0.2) is 4.79 Å². The molecule has 0 unspecified atom stereocenters. The van der Waals surface area contributed by atoms with Gasteiger partial charge in [-0.3, -0.25) is 9.59 Å². The highest BCUT2D eigenvalue weighted by molar-refractivity contribution is 8.00. The summed E-state index contributed by atoms with van der Waals surface area (Å²) in [6, 6.07) is 0. The van der Waals surface area contributed by atoms with Crippen LogP contribution in [0.4, 0.5) is 4.79 Å². The Morgan fingerprint density at radius 1 is 1.17 bits per heavy atom. The molecule has 0 radical (unpaired) electrons. The van der Waals surface area contributed by atoms with Crippen molar-refractivity contribution in [3.63, 3.8) is 0 Å². The maximum absolute atomic E-state index is 11.7. The van der Waals surface area contributed by atoms with Crippen molar-refractivity contribution in [1.82, 2.24) is 5.32 Å². The Balaban J connectivity index is 4.28. The van der Waals surface area contributed by atoms with E-state index < -0.39 is 29.6 Å². The molecule has 0 aromatic rings. The Bertz CT molecular complexity index is 388. The number of esters is 1. The van der Waals surface area contributed by atoms with Gasteiger partial charge in [0, 0.05) is 19.4 Å². The number of carboxylic acid groups (broad SMARTS) is 1. The molecule has 0 fully saturated rings. The van der Waals surface area contributed by atoms with E-state index in [1.807, 2.05) is 0 Å². The van der Waals surface area contributed by atoms with Crippen LogP contribution in [0.3, 0.4) is 0 Å². The molecule has 0 saturated heterocycles. The summed E-state index contributed by atoms with van der Waals surface area (Å²) >= 11 is 1.29. The summed E-state index contributed by atoms with van der Waals surface area (Å²) in [6.07, 6.45) is 1.26. The van der Waals surface area contributed by atoms with Gasteiger partial charge >= 0.3 is 18.0 Å². The number of aliphatic carboxylic acids is 1. The second-order valence-corrected chi connectivity index (χ2v) is 6.72. The Hall–Kier alpha value is -1.44. The third-order valence-corrected chi connectivity index (χ3v) is 4.12. The standard InChI is InChI=1S/C15H27NO6S/c1-5-6-7-8-23-12(13(18)19)9-16-15(20)22-14(10(2)3)21-11(4)17/h10,12,14H,5-9H2,1-4H3,(H,16,20)(H,18,19)/t12-,14+/m0/s1. The third kappa shape index (κ3) is 10.8. The lowest BCUT2D eigenvalue weighted by molar-refractivity contribution is -0.172. The summed E-state index contributed by atoms with van der Waals surface area (Å²) in [4.78, 5) is 33.8. The Kier molecular flexibility index (Phi) is 11.3. The van der Waals surface area contributed by atoms with Gasteiger partial charge in [0.25, 0.3) is 6.29 Å². The number of hydrogen-bond acceptors (Lipinski definition) is 6. The molecule has 0 spiro atoms. The summed E-state index contributed by atoms with van der Waals surface area (Å²) in [5.74, 6) is -1.01. The zero-order valence-electron chi connectivity index (χ0n) is 14.2. The van der Waals surface area contributed by atoms with Crippen LogP contribution in [-0.4, -0.2) is 47.0 Å². The van der Waals surface area contributed by atoms with Gasteiger partial charge in [0.15, 0.2) is 0 Å². The van der Waals surface area contributed by atoms with Gasteiger partial charge < -0.3 is 19.9 Å². The molecule has 7 nitrogen and oxygen atoms in total. The number of ether oxygens (including phenoxy) is 2. The average Bonchev–Trinajstić information content (AvgIpc) is 2.44. The topological polar surface area (TPSA) is 102 Å². The third-order valence-electron chi connectivity index (χ3n) is 2.82. The van der Waals surface area contributed by atoms with Gasteiger partial charge in [0.1, 0.15) is 5.25 Å². The largest absolute Gasteiger partial charge is 0.480 e. The minimum absolute atomic E-state index is 0.0458. The predicted molar refractivity (Wildman–Crippen MR) is 88.3 cm³/mol. The zero-order chi connectivity index (χ0) is 17.8. The second-order valence-electron chi connectivity index (χ2n) is 5.41. The fraction of sp³-hybridized carbons (Fsp3) is 0.800. The minimum atomic E-state index is -0.993. The molecule has 134 valence electrons. The molecule has 0 heterocycles. The Morgan fingerprint density at radius 2 is 1.83 bits per heavy atom. The van der Waals surface area contributed by atoms with E-state index in [-0.39, 0.29) is 12.5 Å². The van der Waals surface area contributed by atoms with Gasteiger partial charge in [-0.2, -0.15) is 0 Å². The van der Waals surface area contributed by atoms with Crippen molar-refractivity contribution in [2.45, 2.75) is 58.5 Å². The highest BCUT2D eigenvalue weighted by Crippen LogP contribution is 2.14. The molecule has 23 heavy (non-hydrogen) atoms. The first kappa shape index (κ1) is 21.6. The maximum atomic E-state index is 11.7. The van der Waals surface area contributed by atoms with Crippen LogP contribution in [0.1, 0.15) is 47.0 Å². The highest BCUT2D eigenvalue weighted by Gasteiger charge is 2.23. The number of alkyl carbamates (subject to hydrolysis) is 1. The number of hydrogen-bond donors (Lipinski definition) is 2. The molecule has 0 bridgehead atoms. The molecule has 0 saturated carbocycles. The van der Waals surface area contributed by atoms with Gasteiger partial charge in [0.05, 0.1) is 0 Å². The molecule has 0 aromatic carbocycles. The number of nitrogens with one attached hydrogen (secondary N) is 1. The number of carboxylic acids is 1. The molecular formula is C15H27NO6S. The fourth-order valence-corrected chi connectivity index (χ4v) is 2.58. The van der Waals surface area contributed by atoms with Crippen LogP contribution in [0.15, 0.2) is 0 Å². The highest BCUT2D eigenvalue weighted by atomic mass is 32.2. The van der Waals surface area contributed by atoms with Gasteiger partial charge in [-0.15, -0.1) is 11.8 Å². The normalized spacial score (nSPS) is 13.3. The van der Waals surface area contributed by atoms with Crippen LogP contribution >= 0.6 is 11.8 Å². The first-order chi connectivity index (χ1) is 10.8. The van der Waals surface area contributed by atoms with Crippen molar-refractivity contribution in [3.8, 4) is 0 Å². The molecular weight excluding hydrogens is 322 g/mol. The smallest absolute Gasteiger partial charge is 0.410 e. The number of thioether (sulfide) groups is 1. The molecule has 0 aromatic heterocycles. The molecule has 1 amide bonds. The molecule has 2 N–H and O–H groups in total. The van der Waals surface area contributed by atoms with Crippen molar-refractivity contribution in [2.24, 2.45) is 5.92 Å². The van der Waals surface area contributed by atoms with Crippen molar-refractivity contribution < 1.29 is 29.0 Å². The summed E-state index contributed by atoms with van der Waals surface area (Å²) in [7, 11) is 0. The van der Waals surface area contributed by atoms with Gasteiger partial charge in [-0.1, -0.05) is 33.6 Å². The number of rotatable bonds is 11. The van der Waals surface area contributed by atoms with E-state index in [0.29, 0.717) is 0 Å².